The Kier molecular flexibility index (Phi) is 5.43. The summed E-state index contributed by atoms with van der Waals surface area (Å²) >= 11 is 12.0. The predicted octanol–water partition coefficient (Wildman–Crippen LogP) is 6.83. The van der Waals surface area contributed by atoms with E-state index >= 15 is 0 Å². The molecule has 1 heterocycles. The molecule has 0 spiro atoms. The molecule has 3 aromatic carbocycles. The quantitative estimate of drug-likeness (QED) is 0.422. The number of halogens is 2. The highest BCUT2D eigenvalue weighted by atomic mass is 35.5. The Balaban J connectivity index is 1.49. The van der Waals surface area contributed by atoms with E-state index in [1.807, 2.05) is 24.3 Å². The molecule has 4 rings (SSSR count). The minimum Gasteiger partial charge on any atom is -0.489 e. The second-order valence-corrected chi connectivity index (χ2v) is 7.32. The maximum atomic E-state index is 12.6. The van der Waals surface area contributed by atoms with Gasteiger partial charge in [-0.2, -0.15) is 0 Å². The summed E-state index contributed by atoms with van der Waals surface area (Å²) in [4.78, 5) is 12.6. The van der Waals surface area contributed by atoms with E-state index < -0.39 is 0 Å². The van der Waals surface area contributed by atoms with Gasteiger partial charge in [0.25, 0.3) is 0 Å². The van der Waals surface area contributed by atoms with E-state index in [0.29, 0.717) is 33.7 Å². The first-order chi connectivity index (χ1) is 14.0. The van der Waals surface area contributed by atoms with Crippen molar-refractivity contribution in [3.8, 4) is 11.5 Å². The Bertz CT molecular complexity index is 1130. The molecule has 144 valence electrons. The Morgan fingerprint density at radius 2 is 1.69 bits per heavy atom. The number of hydrogen-bond acceptors (Lipinski definition) is 3. The molecule has 3 nitrogen and oxygen atoms in total. The molecule has 29 heavy (non-hydrogen) atoms. The summed E-state index contributed by atoms with van der Waals surface area (Å²) in [5.74, 6) is 1.15. The number of fused-ring (bicyclic) bond motifs is 1. The summed E-state index contributed by atoms with van der Waals surface area (Å²) in [5, 5.41) is 0.873. The van der Waals surface area contributed by atoms with Crippen LogP contribution in [0.4, 0.5) is 0 Å². The summed E-state index contributed by atoms with van der Waals surface area (Å²) in [7, 11) is 0. The third kappa shape index (κ3) is 4.21. The Hall–Kier alpha value is -3.01. The van der Waals surface area contributed by atoms with Gasteiger partial charge in [0.15, 0.2) is 5.76 Å². The van der Waals surface area contributed by atoms with Gasteiger partial charge in [-0.25, -0.2) is 0 Å². The van der Waals surface area contributed by atoms with Crippen molar-refractivity contribution in [3.63, 3.8) is 0 Å². The van der Waals surface area contributed by atoms with Crippen molar-refractivity contribution < 1.29 is 14.3 Å². The van der Waals surface area contributed by atoms with Crippen molar-refractivity contribution >= 4 is 41.1 Å². The fourth-order valence-corrected chi connectivity index (χ4v) is 3.23. The standard InChI is InChI=1S/C24H16Cl2O3/c1-2-15-3-5-16(6-4-15)14-28-18-8-9-19-22(13-18)29-23(24(19)27)12-17-7-10-20(25)21(26)11-17/h2-13H,1,14H2. The van der Waals surface area contributed by atoms with Gasteiger partial charge in [0.2, 0.25) is 5.78 Å². The van der Waals surface area contributed by atoms with Gasteiger partial charge < -0.3 is 9.47 Å². The van der Waals surface area contributed by atoms with Crippen molar-refractivity contribution in [2.24, 2.45) is 0 Å². The van der Waals surface area contributed by atoms with Gasteiger partial charge in [-0.15, -0.1) is 0 Å². The number of allylic oxidation sites excluding steroid dienone is 1. The summed E-state index contributed by atoms with van der Waals surface area (Å²) in [6.45, 7) is 4.16. The van der Waals surface area contributed by atoms with Crippen molar-refractivity contribution in [3.05, 3.63) is 105 Å². The monoisotopic (exact) mass is 422 g/mol. The van der Waals surface area contributed by atoms with E-state index in [-0.39, 0.29) is 11.5 Å². The lowest BCUT2D eigenvalue weighted by Crippen LogP contribution is -1.98. The molecule has 0 saturated heterocycles. The number of ketones is 1. The van der Waals surface area contributed by atoms with Crippen LogP contribution in [0.2, 0.25) is 10.0 Å². The molecular formula is C24H16Cl2O3. The second kappa shape index (κ2) is 8.16. The zero-order valence-corrected chi connectivity index (χ0v) is 16.8. The second-order valence-electron chi connectivity index (χ2n) is 6.51. The molecule has 5 heteroatoms. The number of carbonyl (C=O) groups excluding carboxylic acids is 1. The van der Waals surface area contributed by atoms with Crippen LogP contribution >= 0.6 is 23.2 Å². The molecular weight excluding hydrogens is 407 g/mol. The lowest BCUT2D eigenvalue weighted by atomic mass is 10.1. The Labute approximate surface area is 178 Å². The topological polar surface area (TPSA) is 35.5 Å². The van der Waals surface area contributed by atoms with Crippen LogP contribution < -0.4 is 9.47 Å². The van der Waals surface area contributed by atoms with Crippen molar-refractivity contribution in [1.82, 2.24) is 0 Å². The highest BCUT2D eigenvalue weighted by Gasteiger charge is 2.27. The first-order valence-electron chi connectivity index (χ1n) is 8.91. The van der Waals surface area contributed by atoms with Crippen molar-refractivity contribution in [2.45, 2.75) is 6.61 Å². The molecule has 0 aromatic heterocycles. The van der Waals surface area contributed by atoms with Crippen LogP contribution in [0, 0.1) is 0 Å². The number of carbonyl (C=O) groups is 1. The van der Waals surface area contributed by atoms with Gasteiger partial charge in [0.05, 0.1) is 15.6 Å². The van der Waals surface area contributed by atoms with Crippen LogP contribution in [0.5, 0.6) is 11.5 Å². The lowest BCUT2D eigenvalue weighted by molar-refractivity contribution is 0.101. The number of Topliss-reactive ketones (excluding diaryl/α,β-unsaturated/α-hetero) is 1. The third-order valence-electron chi connectivity index (χ3n) is 4.50. The largest absolute Gasteiger partial charge is 0.489 e. The number of benzene rings is 3. The van der Waals surface area contributed by atoms with Crippen LogP contribution in [0.15, 0.2) is 73.0 Å². The molecule has 3 aromatic rings. The van der Waals surface area contributed by atoms with E-state index in [1.165, 1.54) is 0 Å². The molecule has 0 atom stereocenters. The third-order valence-corrected chi connectivity index (χ3v) is 5.24. The average Bonchev–Trinajstić information content (AvgIpc) is 3.04. The van der Waals surface area contributed by atoms with Gasteiger partial charge >= 0.3 is 0 Å². The SMILES string of the molecule is C=Cc1ccc(COc2ccc3c(c2)OC(=Cc2ccc(Cl)c(Cl)c2)C3=O)cc1. The highest BCUT2D eigenvalue weighted by molar-refractivity contribution is 6.42. The van der Waals surface area contributed by atoms with Crippen LogP contribution in [0.1, 0.15) is 27.0 Å². The first-order valence-corrected chi connectivity index (χ1v) is 9.66. The first kappa shape index (κ1) is 19.3. The summed E-state index contributed by atoms with van der Waals surface area (Å²) in [6, 6.07) is 18.3. The lowest BCUT2D eigenvalue weighted by Gasteiger charge is -2.07. The van der Waals surface area contributed by atoms with Crippen LogP contribution in [0.25, 0.3) is 12.2 Å². The van der Waals surface area contributed by atoms with Gasteiger partial charge in [0, 0.05) is 6.07 Å². The van der Waals surface area contributed by atoms with Gasteiger partial charge in [-0.3, -0.25) is 4.79 Å². The molecule has 0 radical (unpaired) electrons. The molecule has 1 aliphatic rings. The fraction of sp³-hybridized carbons (Fsp3) is 0.0417. The molecule has 0 saturated carbocycles. The van der Waals surface area contributed by atoms with Crippen LogP contribution in [-0.2, 0) is 6.61 Å². The molecule has 0 bridgehead atoms. The predicted molar refractivity (Wildman–Crippen MR) is 117 cm³/mol. The van der Waals surface area contributed by atoms with E-state index in [4.69, 9.17) is 32.7 Å². The van der Waals surface area contributed by atoms with E-state index in [1.54, 1.807) is 48.6 Å². The van der Waals surface area contributed by atoms with E-state index in [0.717, 1.165) is 16.7 Å². The Morgan fingerprint density at radius 3 is 2.41 bits per heavy atom. The Morgan fingerprint density at radius 1 is 0.931 bits per heavy atom. The molecule has 0 unspecified atom stereocenters. The molecule has 0 N–H and O–H groups in total. The minimum absolute atomic E-state index is 0.183. The molecule has 0 aliphatic carbocycles. The number of hydrogen-bond donors (Lipinski definition) is 0. The smallest absolute Gasteiger partial charge is 0.231 e. The summed E-state index contributed by atoms with van der Waals surface area (Å²) < 4.78 is 11.6. The van der Waals surface area contributed by atoms with Crippen LogP contribution in [-0.4, -0.2) is 5.78 Å². The molecule has 0 amide bonds. The van der Waals surface area contributed by atoms with E-state index in [2.05, 4.69) is 6.58 Å². The number of ether oxygens (including phenoxy) is 2. The van der Waals surface area contributed by atoms with Crippen molar-refractivity contribution in [1.29, 1.82) is 0 Å². The van der Waals surface area contributed by atoms with E-state index in [9.17, 15) is 4.79 Å². The molecule has 1 aliphatic heterocycles. The maximum absolute atomic E-state index is 12.6. The number of rotatable bonds is 5. The maximum Gasteiger partial charge on any atom is 0.231 e. The normalized spacial score (nSPS) is 13.9. The zero-order chi connectivity index (χ0) is 20.4. The van der Waals surface area contributed by atoms with Crippen LogP contribution in [0.3, 0.4) is 0 Å². The summed E-state index contributed by atoms with van der Waals surface area (Å²) in [6.07, 6.45) is 3.44. The minimum atomic E-state index is -0.183. The summed E-state index contributed by atoms with van der Waals surface area (Å²) in [5.41, 5.74) is 3.32. The van der Waals surface area contributed by atoms with Gasteiger partial charge in [-0.1, -0.05) is 66.2 Å². The fourth-order valence-electron chi connectivity index (χ4n) is 2.93. The van der Waals surface area contributed by atoms with Gasteiger partial charge in [0.1, 0.15) is 18.1 Å². The highest BCUT2D eigenvalue weighted by Crippen LogP contribution is 2.35. The zero-order valence-electron chi connectivity index (χ0n) is 15.3. The van der Waals surface area contributed by atoms with Crippen molar-refractivity contribution in [2.75, 3.05) is 0 Å². The van der Waals surface area contributed by atoms with Gasteiger partial charge in [-0.05, 0) is 47.0 Å². The average molecular weight is 423 g/mol. The molecule has 0 fully saturated rings.